The monoisotopic (exact) mass is 501 g/mol. The molecule has 0 aliphatic heterocycles. The Morgan fingerprint density at radius 2 is 1.83 bits per heavy atom. The maximum atomic E-state index is 15.4. The average Bonchev–Trinajstić information content (AvgIpc) is 3.59. The third kappa shape index (κ3) is 3.99. The third-order valence-electron chi connectivity index (χ3n) is 5.81. The number of carbonyl (C=O) groups is 1. The molecule has 5 rings (SSSR count). The highest BCUT2D eigenvalue weighted by Crippen LogP contribution is 2.35. The fraction of sp³-hybridized carbons (Fsp3) is 0.174. The van der Waals surface area contributed by atoms with Gasteiger partial charge in [0, 0.05) is 19.3 Å². The fourth-order valence-electron chi connectivity index (χ4n) is 3.86. The zero-order valence-electron chi connectivity index (χ0n) is 18.2. The second-order valence-electron chi connectivity index (χ2n) is 8.11. The predicted octanol–water partition coefficient (Wildman–Crippen LogP) is 4.01. The first-order valence-corrected chi connectivity index (χ1v) is 12.0. The molecule has 1 aliphatic rings. The largest absolute Gasteiger partial charge is 0.356 e. The lowest BCUT2D eigenvalue weighted by molar-refractivity contribution is 0.103. The number of aromatic nitrogens is 3. The van der Waals surface area contributed by atoms with Gasteiger partial charge in [0.25, 0.3) is 10.0 Å². The number of halogens is 3. The molecule has 180 valence electrons. The van der Waals surface area contributed by atoms with Gasteiger partial charge < -0.3 is 9.88 Å². The van der Waals surface area contributed by atoms with Gasteiger partial charge in [-0.3, -0.25) is 9.52 Å². The van der Waals surface area contributed by atoms with Gasteiger partial charge in [-0.25, -0.2) is 31.6 Å². The van der Waals surface area contributed by atoms with Crippen molar-refractivity contribution in [3.63, 3.8) is 0 Å². The number of nitrogens with one attached hydrogen (secondary N) is 2. The van der Waals surface area contributed by atoms with E-state index in [1.807, 2.05) is 9.62 Å². The highest BCUT2D eigenvalue weighted by molar-refractivity contribution is 7.92. The minimum Gasteiger partial charge on any atom is -0.356 e. The first-order chi connectivity index (χ1) is 16.7. The lowest BCUT2D eigenvalue weighted by Crippen LogP contribution is -2.21. The van der Waals surface area contributed by atoms with Crippen LogP contribution in [0.4, 0.5) is 24.7 Å². The van der Waals surface area contributed by atoms with Crippen LogP contribution >= 0.6 is 0 Å². The van der Waals surface area contributed by atoms with Gasteiger partial charge in [0.1, 0.15) is 34.3 Å². The molecule has 2 N–H and O–H groups in total. The van der Waals surface area contributed by atoms with Crippen molar-refractivity contribution < 1.29 is 26.4 Å². The standard InChI is InChI=1S/C23H18F3N5O3S/c1-31(12-6-7-12)23-18-13(10-27-22(18)28-11-29-23)21(32)19-15(25)8-9-16(20(19)26)30-35(33,34)17-5-3-2-4-14(17)24/h2-5,8-12,30H,6-7H2,1H3,(H,27,28,29). The van der Waals surface area contributed by atoms with Crippen LogP contribution in [0.3, 0.4) is 0 Å². The van der Waals surface area contributed by atoms with Crippen LogP contribution in [0.2, 0.25) is 0 Å². The Balaban J connectivity index is 1.58. The van der Waals surface area contributed by atoms with E-state index in [1.165, 1.54) is 24.7 Å². The Kier molecular flexibility index (Phi) is 5.47. The molecule has 0 saturated heterocycles. The van der Waals surface area contributed by atoms with Gasteiger partial charge in [0.15, 0.2) is 5.82 Å². The molecule has 1 fully saturated rings. The van der Waals surface area contributed by atoms with Crippen molar-refractivity contribution in [1.29, 1.82) is 0 Å². The maximum Gasteiger partial charge on any atom is 0.264 e. The molecule has 0 amide bonds. The number of carbonyl (C=O) groups excluding carboxylic acids is 1. The molecular formula is C23H18F3N5O3S. The maximum absolute atomic E-state index is 15.4. The highest BCUT2D eigenvalue weighted by atomic mass is 32.2. The van der Waals surface area contributed by atoms with Crippen molar-refractivity contribution in [2.45, 2.75) is 23.8 Å². The number of anilines is 2. The fourth-order valence-corrected chi connectivity index (χ4v) is 5.00. The Morgan fingerprint density at radius 3 is 2.54 bits per heavy atom. The van der Waals surface area contributed by atoms with Crippen molar-refractivity contribution in [1.82, 2.24) is 15.0 Å². The van der Waals surface area contributed by atoms with Crippen LogP contribution in [0.1, 0.15) is 28.8 Å². The van der Waals surface area contributed by atoms with Crippen LogP contribution in [0.25, 0.3) is 11.0 Å². The van der Waals surface area contributed by atoms with Gasteiger partial charge >= 0.3 is 0 Å². The topological polar surface area (TPSA) is 108 Å². The van der Waals surface area contributed by atoms with Crippen LogP contribution < -0.4 is 9.62 Å². The summed E-state index contributed by atoms with van der Waals surface area (Å²) in [5.74, 6) is -4.27. The minimum atomic E-state index is -4.56. The number of ketones is 1. The highest BCUT2D eigenvalue weighted by Gasteiger charge is 2.32. The van der Waals surface area contributed by atoms with E-state index in [9.17, 15) is 22.0 Å². The predicted molar refractivity (Wildman–Crippen MR) is 122 cm³/mol. The van der Waals surface area contributed by atoms with Crippen LogP contribution in [0.5, 0.6) is 0 Å². The number of hydrogen-bond acceptors (Lipinski definition) is 6. The van der Waals surface area contributed by atoms with Crippen LogP contribution in [-0.2, 0) is 10.0 Å². The minimum absolute atomic E-state index is 0.0741. The molecule has 35 heavy (non-hydrogen) atoms. The summed E-state index contributed by atoms with van der Waals surface area (Å²) in [4.78, 5) is 25.7. The van der Waals surface area contributed by atoms with Gasteiger partial charge in [0.2, 0.25) is 5.78 Å². The molecule has 2 aromatic heterocycles. The molecule has 0 bridgehead atoms. The zero-order chi connectivity index (χ0) is 24.9. The third-order valence-corrected chi connectivity index (χ3v) is 7.21. The Morgan fingerprint density at radius 1 is 1.09 bits per heavy atom. The van der Waals surface area contributed by atoms with E-state index in [2.05, 4.69) is 15.0 Å². The number of rotatable bonds is 7. The second kappa shape index (κ2) is 8.38. The SMILES string of the molecule is CN(c1ncnc2[nH]cc(C(=O)c3c(F)ccc(NS(=O)(=O)c4ccccc4F)c3F)c12)C1CC1. The van der Waals surface area contributed by atoms with Crippen molar-refractivity contribution in [2.75, 3.05) is 16.7 Å². The zero-order valence-corrected chi connectivity index (χ0v) is 19.0. The first kappa shape index (κ1) is 22.8. The number of benzene rings is 2. The quantitative estimate of drug-likeness (QED) is 0.371. The van der Waals surface area contributed by atoms with E-state index in [4.69, 9.17) is 0 Å². The van der Waals surface area contributed by atoms with Gasteiger partial charge in [-0.2, -0.15) is 0 Å². The molecule has 0 atom stereocenters. The van der Waals surface area contributed by atoms with Gasteiger partial charge in [-0.1, -0.05) is 12.1 Å². The smallest absolute Gasteiger partial charge is 0.264 e. The Hall–Kier alpha value is -3.93. The summed E-state index contributed by atoms with van der Waals surface area (Å²) in [6.07, 6.45) is 4.49. The summed E-state index contributed by atoms with van der Waals surface area (Å²) in [6.45, 7) is 0. The van der Waals surface area contributed by atoms with Crippen molar-refractivity contribution in [3.05, 3.63) is 77.5 Å². The molecular weight excluding hydrogens is 483 g/mol. The van der Waals surface area contributed by atoms with E-state index in [0.29, 0.717) is 16.9 Å². The number of fused-ring (bicyclic) bond motifs is 1. The molecule has 1 aliphatic carbocycles. The number of hydrogen-bond donors (Lipinski definition) is 2. The summed E-state index contributed by atoms with van der Waals surface area (Å²) in [5, 5.41) is 0.294. The molecule has 4 aromatic rings. The van der Waals surface area contributed by atoms with Crippen molar-refractivity contribution >= 4 is 38.3 Å². The molecule has 8 nitrogen and oxygen atoms in total. The summed E-state index contributed by atoms with van der Waals surface area (Å²) in [5.41, 5.74) is -1.44. The van der Waals surface area contributed by atoms with Gasteiger partial charge in [-0.15, -0.1) is 0 Å². The molecule has 12 heteroatoms. The van der Waals surface area contributed by atoms with Gasteiger partial charge in [0.05, 0.1) is 22.2 Å². The number of aromatic amines is 1. The normalized spacial score (nSPS) is 13.7. The lowest BCUT2D eigenvalue weighted by atomic mass is 10.0. The molecule has 0 unspecified atom stereocenters. The number of sulfonamides is 1. The van der Waals surface area contributed by atoms with E-state index in [0.717, 1.165) is 37.1 Å². The second-order valence-corrected chi connectivity index (χ2v) is 9.77. The van der Waals surface area contributed by atoms with E-state index < -0.39 is 49.4 Å². The van der Waals surface area contributed by atoms with Crippen LogP contribution in [0.15, 0.2) is 53.8 Å². The molecule has 2 aromatic carbocycles. The van der Waals surface area contributed by atoms with Crippen LogP contribution in [-0.4, -0.2) is 42.2 Å². The first-order valence-electron chi connectivity index (χ1n) is 10.5. The molecule has 1 saturated carbocycles. The van der Waals surface area contributed by atoms with Crippen molar-refractivity contribution in [3.8, 4) is 0 Å². The Bertz CT molecular complexity index is 1580. The van der Waals surface area contributed by atoms with Crippen molar-refractivity contribution in [2.24, 2.45) is 0 Å². The average molecular weight is 501 g/mol. The molecule has 0 radical (unpaired) electrons. The summed E-state index contributed by atoms with van der Waals surface area (Å²) >= 11 is 0. The molecule has 2 heterocycles. The van der Waals surface area contributed by atoms with E-state index in [-0.39, 0.29) is 11.6 Å². The number of H-pyrrole nitrogens is 1. The summed E-state index contributed by atoms with van der Waals surface area (Å²) in [7, 11) is -2.76. The summed E-state index contributed by atoms with van der Waals surface area (Å²) < 4.78 is 71.3. The van der Waals surface area contributed by atoms with E-state index >= 15 is 4.39 Å². The number of nitrogens with zero attached hydrogens (tertiary/aromatic N) is 3. The molecule has 0 spiro atoms. The Labute approximate surface area is 197 Å². The van der Waals surface area contributed by atoms with E-state index in [1.54, 1.807) is 7.05 Å². The summed E-state index contributed by atoms with van der Waals surface area (Å²) in [6, 6.07) is 6.33. The van der Waals surface area contributed by atoms with Gasteiger partial charge in [-0.05, 0) is 37.1 Å². The lowest BCUT2D eigenvalue weighted by Gasteiger charge is -2.18. The van der Waals surface area contributed by atoms with Crippen LogP contribution in [0, 0.1) is 17.5 Å².